The average molecular weight is 212 g/mol. The van der Waals surface area contributed by atoms with E-state index >= 15 is 0 Å². The van der Waals surface area contributed by atoms with E-state index in [0.29, 0.717) is 12.6 Å². The van der Waals surface area contributed by atoms with Gasteiger partial charge in [0, 0.05) is 19.0 Å². The lowest BCUT2D eigenvalue weighted by atomic mass is 10.3. The van der Waals surface area contributed by atoms with Gasteiger partial charge in [-0.05, 0) is 19.8 Å². The van der Waals surface area contributed by atoms with E-state index < -0.39 is 0 Å². The second-order valence-corrected chi connectivity index (χ2v) is 3.82. The van der Waals surface area contributed by atoms with Gasteiger partial charge in [0.25, 0.3) is 0 Å². The van der Waals surface area contributed by atoms with Crippen LogP contribution in [0, 0.1) is 0 Å². The number of ketones is 1. The second-order valence-electron chi connectivity index (χ2n) is 3.82. The molecule has 1 aliphatic rings. The van der Waals surface area contributed by atoms with Crippen LogP contribution in [-0.2, 0) is 14.4 Å². The van der Waals surface area contributed by atoms with Crippen molar-refractivity contribution in [1.29, 1.82) is 0 Å². The first-order valence-electron chi connectivity index (χ1n) is 5.13. The molecule has 0 aromatic rings. The Hall–Kier alpha value is -1.39. The summed E-state index contributed by atoms with van der Waals surface area (Å²) < 4.78 is 0. The van der Waals surface area contributed by atoms with Crippen molar-refractivity contribution in [2.45, 2.75) is 38.6 Å². The zero-order valence-electron chi connectivity index (χ0n) is 8.84. The number of hydrogen-bond donors (Lipinski definition) is 2. The van der Waals surface area contributed by atoms with Crippen LogP contribution < -0.4 is 10.6 Å². The van der Waals surface area contributed by atoms with Crippen LogP contribution in [0.15, 0.2) is 0 Å². The second kappa shape index (κ2) is 5.48. The molecule has 1 aliphatic carbocycles. The first-order chi connectivity index (χ1) is 7.08. The Balaban J connectivity index is 2.01. The van der Waals surface area contributed by atoms with Crippen molar-refractivity contribution >= 4 is 17.6 Å². The molecule has 5 heteroatoms. The Kier molecular flexibility index (Phi) is 4.27. The summed E-state index contributed by atoms with van der Waals surface area (Å²) >= 11 is 0. The molecule has 2 N–H and O–H groups in total. The lowest BCUT2D eigenvalue weighted by Crippen LogP contribution is -2.32. The van der Waals surface area contributed by atoms with E-state index in [1.165, 1.54) is 6.92 Å². The average Bonchev–Trinajstić information content (AvgIpc) is 2.86. The minimum atomic E-state index is -0.318. The third kappa shape index (κ3) is 5.83. The maximum Gasteiger partial charge on any atom is 0.227 e. The standard InChI is InChI=1S/C10H16N2O3/c1-7(13)6-10(15)11-5-4-9(14)12-8-2-3-8/h8H,2-6H2,1H3,(H,11,15)(H,12,14). The van der Waals surface area contributed by atoms with E-state index in [9.17, 15) is 14.4 Å². The molecule has 2 amide bonds. The fraction of sp³-hybridized carbons (Fsp3) is 0.700. The number of carbonyl (C=O) groups excluding carboxylic acids is 3. The molecule has 0 aromatic heterocycles. The molecule has 0 aliphatic heterocycles. The lowest BCUT2D eigenvalue weighted by Gasteiger charge is -2.04. The topological polar surface area (TPSA) is 75.3 Å². The summed E-state index contributed by atoms with van der Waals surface area (Å²) in [7, 11) is 0. The Morgan fingerprint density at radius 3 is 2.40 bits per heavy atom. The molecule has 5 nitrogen and oxygen atoms in total. The highest BCUT2D eigenvalue weighted by Crippen LogP contribution is 2.18. The molecule has 1 rings (SSSR count). The van der Waals surface area contributed by atoms with Gasteiger partial charge >= 0.3 is 0 Å². The number of Topliss-reactive ketones (excluding diaryl/α,β-unsaturated/α-hetero) is 1. The molecule has 15 heavy (non-hydrogen) atoms. The van der Waals surface area contributed by atoms with Crippen molar-refractivity contribution in [3.05, 3.63) is 0 Å². The van der Waals surface area contributed by atoms with Crippen LogP contribution in [0.1, 0.15) is 32.6 Å². The van der Waals surface area contributed by atoms with Gasteiger partial charge in [-0.1, -0.05) is 0 Å². The Morgan fingerprint density at radius 1 is 1.20 bits per heavy atom. The summed E-state index contributed by atoms with van der Waals surface area (Å²) in [6.45, 7) is 1.66. The quantitative estimate of drug-likeness (QED) is 0.596. The van der Waals surface area contributed by atoms with Crippen LogP contribution >= 0.6 is 0 Å². The van der Waals surface area contributed by atoms with Gasteiger partial charge in [-0.2, -0.15) is 0 Å². The first kappa shape index (κ1) is 11.7. The van der Waals surface area contributed by atoms with Gasteiger partial charge < -0.3 is 10.6 Å². The summed E-state index contributed by atoms with van der Waals surface area (Å²) in [6.07, 6.45) is 2.29. The molecule has 0 radical (unpaired) electrons. The smallest absolute Gasteiger partial charge is 0.227 e. The summed E-state index contributed by atoms with van der Waals surface area (Å²) in [6, 6.07) is 0.352. The predicted molar refractivity (Wildman–Crippen MR) is 54.1 cm³/mol. The zero-order valence-corrected chi connectivity index (χ0v) is 8.84. The van der Waals surface area contributed by atoms with Crippen LogP contribution in [0.4, 0.5) is 0 Å². The molecule has 1 fully saturated rings. The summed E-state index contributed by atoms with van der Waals surface area (Å²) in [5.41, 5.74) is 0. The largest absolute Gasteiger partial charge is 0.355 e. The highest BCUT2D eigenvalue weighted by molar-refractivity contribution is 5.96. The molecular weight excluding hydrogens is 196 g/mol. The molecule has 1 saturated carbocycles. The minimum Gasteiger partial charge on any atom is -0.355 e. The van der Waals surface area contributed by atoms with Gasteiger partial charge in [-0.3, -0.25) is 14.4 Å². The molecule has 0 saturated heterocycles. The Labute approximate surface area is 88.6 Å². The van der Waals surface area contributed by atoms with Gasteiger partial charge in [0.15, 0.2) is 0 Å². The summed E-state index contributed by atoms with van der Waals surface area (Å²) in [5, 5.41) is 5.33. The van der Waals surface area contributed by atoms with Crippen LogP contribution in [-0.4, -0.2) is 30.2 Å². The molecule has 0 heterocycles. The zero-order chi connectivity index (χ0) is 11.3. The number of amides is 2. The third-order valence-electron chi connectivity index (χ3n) is 2.03. The van der Waals surface area contributed by atoms with Crippen LogP contribution in [0.25, 0.3) is 0 Å². The van der Waals surface area contributed by atoms with Crippen molar-refractivity contribution in [1.82, 2.24) is 10.6 Å². The van der Waals surface area contributed by atoms with Crippen molar-refractivity contribution in [3.8, 4) is 0 Å². The van der Waals surface area contributed by atoms with E-state index in [-0.39, 0.29) is 30.4 Å². The van der Waals surface area contributed by atoms with Crippen molar-refractivity contribution in [2.24, 2.45) is 0 Å². The van der Waals surface area contributed by atoms with Crippen LogP contribution in [0.5, 0.6) is 0 Å². The number of hydrogen-bond acceptors (Lipinski definition) is 3. The number of rotatable bonds is 6. The molecule has 0 aromatic carbocycles. The Morgan fingerprint density at radius 2 is 1.87 bits per heavy atom. The van der Waals surface area contributed by atoms with E-state index in [4.69, 9.17) is 0 Å². The van der Waals surface area contributed by atoms with Gasteiger partial charge in [0.2, 0.25) is 11.8 Å². The van der Waals surface area contributed by atoms with Gasteiger partial charge in [-0.25, -0.2) is 0 Å². The van der Waals surface area contributed by atoms with Crippen molar-refractivity contribution in [2.75, 3.05) is 6.54 Å². The van der Waals surface area contributed by atoms with Gasteiger partial charge in [0.05, 0.1) is 6.42 Å². The molecule has 0 spiro atoms. The fourth-order valence-corrected chi connectivity index (χ4v) is 1.13. The molecule has 84 valence electrons. The molecule has 0 unspecified atom stereocenters. The maximum absolute atomic E-state index is 11.2. The third-order valence-corrected chi connectivity index (χ3v) is 2.03. The molecular formula is C10H16N2O3. The van der Waals surface area contributed by atoms with Gasteiger partial charge in [-0.15, -0.1) is 0 Å². The highest BCUT2D eigenvalue weighted by atomic mass is 16.2. The number of nitrogens with one attached hydrogen (secondary N) is 2. The molecule has 0 atom stereocenters. The van der Waals surface area contributed by atoms with E-state index in [2.05, 4.69) is 10.6 Å². The van der Waals surface area contributed by atoms with Crippen molar-refractivity contribution < 1.29 is 14.4 Å². The van der Waals surface area contributed by atoms with E-state index in [1.807, 2.05) is 0 Å². The fourth-order valence-electron chi connectivity index (χ4n) is 1.13. The monoisotopic (exact) mass is 212 g/mol. The number of carbonyl (C=O) groups is 3. The van der Waals surface area contributed by atoms with E-state index in [0.717, 1.165) is 12.8 Å². The van der Waals surface area contributed by atoms with Crippen molar-refractivity contribution in [3.63, 3.8) is 0 Å². The van der Waals surface area contributed by atoms with Gasteiger partial charge in [0.1, 0.15) is 5.78 Å². The molecule has 0 bridgehead atoms. The van der Waals surface area contributed by atoms with Crippen LogP contribution in [0.2, 0.25) is 0 Å². The Bertz CT molecular complexity index is 272. The van der Waals surface area contributed by atoms with E-state index in [1.54, 1.807) is 0 Å². The first-order valence-corrected chi connectivity index (χ1v) is 5.13. The summed E-state index contributed by atoms with van der Waals surface area (Å²) in [4.78, 5) is 32.7. The minimum absolute atomic E-state index is 0.0411. The lowest BCUT2D eigenvalue weighted by molar-refractivity contribution is -0.127. The highest BCUT2D eigenvalue weighted by Gasteiger charge is 2.22. The van der Waals surface area contributed by atoms with Crippen LogP contribution in [0.3, 0.4) is 0 Å². The SMILES string of the molecule is CC(=O)CC(=O)NCCC(=O)NC1CC1. The normalized spacial score (nSPS) is 14.5. The predicted octanol–water partition coefficient (Wildman–Crippen LogP) is -0.250. The summed E-state index contributed by atoms with van der Waals surface area (Å²) in [5.74, 6) is -0.530. The maximum atomic E-state index is 11.2.